The number of aryl methyl sites for hydroxylation is 1. The summed E-state index contributed by atoms with van der Waals surface area (Å²) in [7, 11) is -3.34. The number of benzene rings is 1. The van der Waals surface area contributed by atoms with Crippen LogP contribution in [-0.2, 0) is 21.2 Å². The van der Waals surface area contributed by atoms with Crippen molar-refractivity contribution in [3.63, 3.8) is 0 Å². The Morgan fingerprint density at radius 2 is 1.96 bits per heavy atom. The predicted molar refractivity (Wildman–Crippen MR) is 92.9 cm³/mol. The molecule has 0 spiro atoms. The van der Waals surface area contributed by atoms with E-state index in [1.54, 1.807) is 0 Å². The van der Waals surface area contributed by atoms with Gasteiger partial charge in [-0.3, -0.25) is 4.79 Å². The zero-order valence-electron chi connectivity index (χ0n) is 13.9. The number of hydrogen-bond acceptors (Lipinski definition) is 3. The highest BCUT2D eigenvalue weighted by Gasteiger charge is 2.36. The molecule has 1 aliphatic rings. The SMILES string of the molecule is CCCCCc1ccc(NC(=O)C2CCCN2S(C)(=O)=O)cc1. The molecule has 1 heterocycles. The molecule has 1 saturated heterocycles. The van der Waals surface area contributed by atoms with Crippen LogP contribution in [0.2, 0.25) is 0 Å². The number of nitrogens with one attached hydrogen (secondary N) is 1. The molecule has 0 radical (unpaired) electrons. The van der Waals surface area contributed by atoms with E-state index in [1.165, 1.54) is 29.1 Å². The topological polar surface area (TPSA) is 66.5 Å². The van der Waals surface area contributed by atoms with Crippen LogP contribution in [0.1, 0.15) is 44.6 Å². The number of nitrogens with zero attached hydrogens (tertiary/aromatic N) is 1. The molecule has 1 N–H and O–H groups in total. The fourth-order valence-electron chi connectivity index (χ4n) is 2.96. The zero-order chi connectivity index (χ0) is 16.9. The Morgan fingerprint density at radius 1 is 1.26 bits per heavy atom. The highest BCUT2D eigenvalue weighted by Crippen LogP contribution is 2.22. The Kier molecular flexibility index (Phi) is 6.18. The van der Waals surface area contributed by atoms with Gasteiger partial charge in [0.25, 0.3) is 0 Å². The smallest absolute Gasteiger partial charge is 0.242 e. The van der Waals surface area contributed by atoms with E-state index in [0.29, 0.717) is 13.0 Å². The monoisotopic (exact) mass is 338 g/mol. The lowest BCUT2D eigenvalue weighted by Gasteiger charge is -2.21. The quantitative estimate of drug-likeness (QED) is 0.778. The minimum absolute atomic E-state index is 0.244. The van der Waals surface area contributed by atoms with Crippen molar-refractivity contribution >= 4 is 21.6 Å². The number of rotatable bonds is 7. The third-order valence-electron chi connectivity index (χ3n) is 4.22. The molecule has 0 aliphatic carbocycles. The van der Waals surface area contributed by atoms with E-state index in [2.05, 4.69) is 12.2 Å². The van der Waals surface area contributed by atoms with Crippen LogP contribution >= 0.6 is 0 Å². The number of sulfonamides is 1. The van der Waals surface area contributed by atoms with Gasteiger partial charge in [0.05, 0.1) is 6.26 Å². The van der Waals surface area contributed by atoms with Crippen LogP contribution < -0.4 is 5.32 Å². The number of amides is 1. The Labute approximate surface area is 139 Å². The van der Waals surface area contributed by atoms with Crippen molar-refractivity contribution in [3.05, 3.63) is 29.8 Å². The minimum Gasteiger partial charge on any atom is -0.325 e. The lowest BCUT2D eigenvalue weighted by molar-refractivity contribution is -0.119. The molecule has 1 atom stereocenters. The van der Waals surface area contributed by atoms with Crippen LogP contribution in [0.15, 0.2) is 24.3 Å². The normalized spacial score (nSPS) is 19.0. The van der Waals surface area contributed by atoms with Gasteiger partial charge in [0.1, 0.15) is 6.04 Å². The second kappa shape index (κ2) is 7.93. The maximum Gasteiger partial charge on any atom is 0.242 e. The summed E-state index contributed by atoms with van der Waals surface area (Å²) in [5.74, 6) is -0.244. The van der Waals surface area contributed by atoms with Crippen molar-refractivity contribution in [2.45, 2.75) is 51.5 Å². The number of unbranched alkanes of at least 4 members (excludes halogenated alkanes) is 2. The molecule has 0 saturated carbocycles. The lowest BCUT2D eigenvalue weighted by Crippen LogP contribution is -2.42. The first-order chi connectivity index (χ1) is 10.9. The van der Waals surface area contributed by atoms with Gasteiger partial charge in [-0.25, -0.2) is 8.42 Å². The summed E-state index contributed by atoms with van der Waals surface area (Å²) in [6.07, 6.45) is 7.10. The van der Waals surface area contributed by atoms with Gasteiger partial charge in [0.15, 0.2) is 0 Å². The van der Waals surface area contributed by atoms with Crippen molar-refractivity contribution in [1.82, 2.24) is 4.31 Å². The molecular weight excluding hydrogens is 312 g/mol. The van der Waals surface area contributed by atoms with Crippen LogP contribution in [0.5, 0.6) is 0 Å². The second-order valence-electron chi connectivity index (χ2n) is 6.18. The molecule has 23 heavy (non-hydrogen) atoms. The largest absolute Gasteiger partial charge is 0.325 e. The standard InChI is InChI=1S/C17H26N2O3S/c1-3-4-5-7-14-9-11-15(12-10-14)18-17(20)16-8-6-13-19(16)23(2,21)22/h9-12,16H,3-8,13H2,1-2H3,(H,18,20). The highest BCUT2D eigenvalue weighted by atomic mass is 32.2. The van der Waals surface area contributed by atoms with Crippen LogP contribution in [0.25, 0.3) is 0 Å². The Morgan fingerprint density at radius 3 is 2.57 bits per heavy atom. The third kappa shape index (κ3) is 5.04. The molecule has 1 aromatic carbocycles. The molecule has 1 aromatic rings. The van der Waals surface area contributed by atoms with Crippen molar-refractivity contribution in [1.29, 1.82) is 0 Å². The first-order valence-electron chi connectivity index (χ1n) is 8.28. The molecule has 0 aromatic heterocycles. The van der Waals surface area contributed by atoms with Gasteiger partial charge in [0.2, 0.25) is 15.9 Å². The lowest BCUT2D eigenvalue weighted by atomic mass is 10.1. The van der Waals surface area contributed by atoms with Crippen molar-refractivity contribution in [3.8, 4) is 0 Å². The molecular formula is C17H26N2O3S. The van der Waals surface area contributed by atoms with Crippen molar-refractivity contribution < 1.29 is 13.2 Å². The Bertz CT molecular complexity index is 626. The zero-order valence-corrected chi connectivity index (χ0v) is 14.7. The van der Waals surface area contributed by atoms with E-state index in [1.807, 2.05) is 24.3 Å². The third-order valence-corrected chi connectivity index (χ3v) is 5.51. The maximum atomic E-state index is 12.4. The molecule has 0 bridgehead atoms. The summed E-state index contributed by atoms with van der Waals surface area (Å²) in [6, 6.07) is 7.23. The van der Waals surface area contributed by atoms with Gasteiger partial charge in [-0.05, 0) is 43.4 Å². The van der Waals surface area contributed by atoms with Gasteiger partial charge in [-0.1, -0.05) is 31.9 Å². The fraction of sp³-hybridized carbons (Fsp3) is 0.588. The van der Waals surface area contributed by atoms with E-state index in [0.717, 1.165) is 24.8 Å². The summed E-state index contributed by atoms with van der Waals surface area (Å²) in [4.78, 5) is 12.4. The van der Waals surface area contributed by atoms with Gasteiger partial charge in [-0.15, -0.1) is 0 Å². The van der Waals surface area contributed by atoms with E-state index in [-0.39, 0.29) is 5.91 Å². The fourth-order valence-corrected chi connectivity index (χ4v) is 4.08. The Balaban J connectivity index is 1.95. The first kappa shape index (κ1) is 17.9. The molecule has 2 rings (SSSR count). The van der Waals surface area contributed by atoms with Crippen LogP contribution in [0.3, 0.4) is 0 Å². The van der Waals surface area contributed by atoms with Crippen LogP contribution in [0, 0.1) is 0 Å². The van der Waals surface area contributed by atoms with E-state index < -0.39 is 16.1 Å². The highest BCUT2D eigenvalue weighted by molar-refractivity contribution is 7.88. The average molecular weight is 338 g/mol. The minimum atomic E-state index is -3.34. The first-order valence-corrected chi connectivity index (χ1v) is 10.1. The summed E-state index contributed by atoms with van der Waals surface area (Å²) in [6.45, 7) is 2.61. The summed E-state index contributed by atoms with van der Waals surface area (Å²) in [5, 5.41) is 2.84. The van der Waals surface area contributed by atoms with E-state index >= 15 is 0 Å². The number of hydrogen-bond donors (Lipinski definition) is 1. The maximum absolute atomic E-state index is 12.4. The summed E-state index contributed by atoms with van der Waals surface area (Å²) >= 11 is 0. The summed E-state index contributed by atoms with van der Waals surface area (Å²) in [5.41, 5.74) is 1.98. The average Bonchev–Trinajstić information content (AvgIpc) is 2.99. The van der Waals surface area contributed by atoms with Gasteiger partial charge in [-0.2, -0.15) is 4.31 Å². The molecule has 1 fully saturated rings. The molecule has 1 unspecified atom stereocenters. The van der Waals surface area contributed by atoms with Gasteiger partial charge >= 0.3 is 0 Å². The van der Waals surface area contributed by atoms with E-state index in [4.69, 9.17) is 0 Å². The summed E-state index contributed by atoms with van der Waals surface area (Å²) < 4.78 is 24.7. The molecule has 128 valence electrons. The molecule has 1 amide bonds. The van der Waals surface area contributed by atoms with Crippen LogP contribution in [-0.4, -0.2) is 37.5 Å². The predicted octanol–water partition coefficient (Wildman–Crippen LogP) is 2.78. The second-order valence-corrected chi connectivity index (χ2v) is 8.11. The van der Waals surface area contributed by atoms with E-state index in [9.17, 15) is 13.2 Å². The van der Waals surface area contributed by atoms with Gasteiger partial charge in [0, 0.05) is 12.2 Å². The molecule has 5 nitrogen and oxygen atoms in total. The van der Waals surface area contributed by atoms with Crippen molar-refractivity contribution in [2.24, 2.45) is 0 Å². The number of carbonyl (C=O) groups excluding carboxylic acids is 1. The Hall–Kier alpha value is -1.40. The number of anilines is 1. The van der Waals surface area contributed by atoms with Crippen molar-refractivity contribution in [2.75, 3.05) is 18.1 Å². The van der Waals surface area contributed by atoms with Gasteiger partial charge < -0.3 is 5.32 Å². The molecule has 6 heteroatoms. The molecule has 1 aliphatic heterocycles. The van der Waals surface area contributed by atoms with Crippen LogP contribution in [0.4, 0.5) is 5.69 Å². The number of carbonyl (C=O) groups is 1.